The van der Waals surface area contributed by atoms with E-state index < -0.39 is 0 Å². The lowest BCUT2D eigenvalue weighted by Gasteiger charge is -2.23. The second-order valence-corrected chi connectivity index (χ2v) is 4.17. The van der Waals surface area contributed by atoms with E-state index in [2.05, 4.69) is 6.92 Å². The van der Waals surface area contributed by atoms with E-state index >= 15 is 0 Å². The first-order chi connectivity index (χ1) is 4.57. The van der Waals surface area contributed by atoms with Crippen LogP contribution in [-0.2, 0) is 4.79 Å². The third-order valence-corrected chi connectivity index (χ3v) is 3.49. The average molecular weight is 156 g/mol. The van der Waals surface area contributed by atoms with E-state index in [0.29, 0.717) is 5.25 Å². The molecule has 0 spiro atoms. The number of allylic oxidation sites excluding steroid dienone is 1. The Bertz CT molecular complexity index is 186. The molecular formula is C8H12OS. The van der Waals surface area contributed by atoms with Crippen molar-refractivity contribution in [2.24, 2.45) is 5.41 Å². The molecular weight excluding hydrogens is 144 g/mol. The van der Waals surface area contributed by atoms with Gasteiger partial charge in [-0.1, -0.05) is 13.0 Å². The Kier molecular flexibility index (Phi) is 1.90. The molecule has 0 saturated heterocycles. The minimum absolute atomic E-state index is 0.204. The van der Waals surface area contributed by atoms with Gasteiger partial charge in [-0.05, 0) is 19.3 Å². The van der Waals surface area contributed by atoms with Crippen molar-refractivity contribution >= 4 is 17.5 Å². The predicted molar refractivity (Wildman–Crippen MR) is 45.0 cm³/mol. The molecule has 0 N–H and O–H groups in total. The third kappa shape index (κ3) is 1.01. The van der Waals surface area contributed by atoms with Crippen molar-refractivity contribution in [1.82, 2.24) is 0 Å². The van der Waals surface area contributed by atoms with Gasteiger partial charge in [0.2, 0.25) is 0 Å². The number of carbonyl (C=O) groups excluding carboxylic acids is 1. The van der Waals surface area contributed by atoms with Gasteiger partial charge < -0.3 is 0 Å². The maximum atomic E-state index is 11.1. The summed E-state index contributed by atoms with van der Waals surface area (Å²) in [6.45, 7) is 5.75. The van der Waals surface area contributed by atoms with Gasteiger partial charge in [0.15, 0.2) is 0 Å². The van der Waals surface area contributed by atoms with Crippen LogP contribution in [0.2, 0.25) is 0 Å². The molecule has 2 unspecified atom stereocenters. The normalized spacial score (nSPS) is 38.5. The van der Waals surface area contributed by atoms with E-state index in [1.165, 1.54) is 0 Å². The Balaban J connectivity index is 2.85. The van der Waals surface area contributed by atoms with Gasteiger partial charge in [-0.25, -0.2) is 0 Å². The van der Waals surface area contributed by atoms with Crippen LogP contribution in [0.1, 0.15) is 20.8 Å². The number of ketones is 1. The molecule has 0 aromatic carbocycles. The fourth-order valence-electron chi connectivity index (χ4n) is 0.979. The highest BCUT2D eigenvalue weighted by Gasteiger charge is 2.36. The fraction of sp³-hybridized carbons (Fsp3) is 0.625. The highest BCUT2D eigenvalue weighted by Crippen LogP contribution is 2.40. The molecule has 1 rings (SSSR count). The van der Waals surface area contributed by atoms with Crippen LogP contribution in [-0.4, -0.2) is 11.0 Å². The van der Waals surface area contributed by atoms with Crippen LogP contribution in [0.15, 0.2) is 11.5 Å². The van der Waals surface area contributed by atoms with Crippen molar-refractivity contribution in [3.8, 4) is 0 Å². The quantitative estimate of drug-likeness (QED) is 0.579. The van der Waals surface area contributed by atoms with E-state index in [9.17, 15) is 4.79 Å². The summed E-state index contributed by atoms with van der Waals surface area (Å²) in [5.41, 5.74) is -0.204. The van der Waals surface area contributed by atoms with Gasteiger partial charge in [0.05, 0.1) is 5.41 Å². The molecule has 0 saturated carbocycles. The van der Waals surface area contributed by atoms with Gasteiger partial charge in [-0.2, -0.15) is 0 Å². The number of hydrogen-bond acceptors (Lipinski definition) is 2. The maximum Gasteiger partial charge on any atom is 0.140 e. The van der Waals surface area contributed by atoms with Crippen LogP contribution in [0, 0.1) is 5.41 Å². The number of thioether (sulfide) groups is 1. The van der Waals surface area contributed by atoms with Crippen molar-refractivity contribution in [1.29, 1.82) is 0 Å². The van der Waals surface area contributed by atoms with Crippen molar-refractivity contribution in [3.63, 3.8) is 0 Å². The largest absolute Gasteiger partial charge is 0.299 e. The topological polar surface area (TPSA) is 17.1 Å². The predicted octanol–water partition coefficient (Wildman–Crippen LogP) is 2.23. The second kappa shape index (κ2) is 2.42. The molecule has 1 heterocycles. The minimum atomic E-state index is -0.204. The number of carbonyl (C=O) groups is 1. The molecule has 0 bridgehead atoms. The Hall–Kier alpha value is -0.240. The van der Waals surface area contributed by atoms with E-state index in [1.54, 1.807) is 18.7 Å². The molecule has 0 aromatic rings. The lowest BCUT2D eigenvalue weighted by molar-refractivity contribution is -0.123. The van der Waals surface area contributed by atoms with Gasteiger partial charge in [-0.15, -0.1) is 11.8 Å². The van der Waals surface area contributed by atoms with Crippen LogP contribution in [0.5, 0.6) is 0 Å². The minimum Gasteiger partial charge on any atom is -0.299 e. The van der Waals surface area contributed by atoms with Crippen molar-refractivity contribution < 1.29 is 4.79 Å². The van der Waals surface area contributed by atoms with Crippen LogP contribution in [0.4, 0.5) is 0 Å². The molecule has 2 heteroatoms. The summed E-state index contributed by atoms with van der Waals surface area (Å²) >= 11 is 1.73. The third-order valence-electron chi connectivity index (χ3n) is 2.30. The summed E-state index contributed by atoms with van der Waals surface area (Å²) in [5, 5.41) is 2.43. The zero-order valence-electron chi connectivity index (χ0n) is 6.55. The van der Waals surface area contributed by atoms with Gasteiger partial charge in [-0.3, -0.25) is 4.79 Å². The van der Waals surface area contributed by atoms with Gasteiger partial charge in [0.1, 0.15) is 5.78 Å². The van der Waals surface area contributed by atoms with E-state index in [0.717, 1.165) is 0 Å². The average Bonchev–Trinajstić information content (AvgIpc) is 2.15. The SMILES string of the molecule is CC(=O)C1(C)C=CSC1C. The summed E-state index contributed by atoms with van der Waals surface area (Å²) in [7, 11) is 0. The first-order valence-corrected chi connectivity index (χ1v) is 4.36. The first-order valence-electron chi connectivity index (χ1n) is 3.41. The molecule has 10 heavy (non-hydrogen) atoms. The van der Waals surface area contributed by atoms with Crippen LogP contribution in [0.25, 0.3) is 0 Å². The Morgan fingerprint density at radius 1 is 1.70 bits per heavy atom. The lowest BCUT2D eigenvalue weighted by Crippen LogP contribution is -2.29. The summed E-state index contributed by atoms with van der Waals surface area (Å²) in [4.78, 5) is 11.1. The van der Waals surface area contributed by atoms with Crippen molar-refractivity contribution in [2.45, 2.75) is 26.0 Å². The van der Waals surface area contributed by atoms with Gasteiger partial charge in [0, 0.05) is 5.25 Å². The fourth-order valence-corrected chi connectivity index (χ4v) is 2.10. The molecule has 0 fully saturated rings. The smallest absolute Gasteiger partial charge is 0.140 e. The Morgan fingerprint density at radius 2 is 2.30 bits per heavy atom. The summed E-state index contributed by atoms with van der Waals surface area (Å²) in [6, 6.07) is 0. The molecule has 1 nitrogen and oxygen atoms in total. The van der Waals surface area contributed by atoms with E-state index in [1.807, 2.05) is 18.4 Å². The van der Waals surface area contributed by atoms with Crippen LogP contribution >= 0.6 is 11.8 Å². The summed E-state index contributed by atoms with van der Waals surface area (Å²) < 4.78 is 0. The number of hydrogen-bond donors (Lipinski definition) is 0. The number of rotatable bonds is 1. The standard InChI is InChI=1S/C8H12OS/c1-6(9)8(3)4-5-10-7(8)2/h4-5,7H,1-3H3. The molecule has 0 aliphatic carbocycles. The highest BCUT2D eigenvalue weighted by molar-refractivity contribution is 8.03. The molecule has 1 aliphatic heterocycles. The maximum absolute atomic E-state index is 11.1. The van der Waals surface area contributed by atoms with E-state index in [-0.39, 0.29) is 11.2 Å². The zero-order valence-corrected chi connectivity index (χ0v) is 7.37. The Labute approximate surface area is 65.9 Å². The van der Waals surface area contributed by atoms with E-state index in [4.69, 9.17) is 0 Å². The van der Waals surface area contributed by atoms with Crippen molar-refractivity contribution in [3.05, 3.63) is 11.5 Å². The monoisotopic (exact) mass is 156 g/mol. The van der Waals surface area contributed by atoms with Gasteiger partial charge >= 0.3 is 0 Å². The molecule has 0 radical (unpaired) electrons. The van der Waals surface area contributed by atoms with Gasteiger partial charge in [0.25, 0.3) is 0 Å². The first kappa shape index (κ1) is 7.86. The molecule has 2 atom stereocenters. The molecule has 0 amide bonds. The lowest BCUT2D eigenvalue weighted by atomic mass is 9.84. The molecule has 56 valence electrons. The summed E-state index contributed by atoms with van der Waals surface area (Å²) in [5.74, 6) is 0.265. The van der Waals surface area contributed by atoms with Crippen molar-refractivity contribution in [2.75, 3.05) is 0 Å². The summed E-state index contributed by atoms with van der Waals surface area (Å²) in [6.07, 6.45) is 2.00. The highest BCUT2D eigenvalue weighted by atomic mass is 32.2. The second-order valence-electron chi connectivity index (χ2n) is 2.92. The Morgan fingerprint density at radius 3 is 2.50 bits per heavy atom. The molecule has 1 aliphatic rings. The molecule has 0 aromatic heterocycles. The zero-order chi connectivity index (χ0) is 7.78. The number of Topliss-reactive ketones (excluding diaryl/α,β-unsaturated/α-hetero) is 1. The van der Waals surface area contributed by atoms with Crippen LogP contribution in [0.3, 0.4) is 0 Å². The van der Waals surface area contributed by atoms with Crippen LogP contribution < -0.4 is 0 Å².